The number of rotatable bonds is 5. The lowest BCUT2D eigenvalue weighted by atomic mass is 10.1. The molecule has 23 heavy (non-hydrogen) atoms. The van der Waals surface area contributed by atoms with Crippen molar-refractivity contribution in [1.82, 2.24) is 0 Å². The van der Waals surface area contributed by atoms with Crippen LogP contribution in [0.4, 0.5) is 5.69 Å². The Bertz CT molecular complexity index is 720. The van der Waals surface area contributed by atoms with Crippen LogP contribution in [-0.4, -0.2) is 38.4 Å². The summed E-state index contributed by atoms with van der Waals surface area (Å²) in [6.45, 7) is -0.446. The van der Waals surface area contributed by atoms with E-state index in [1.807, 2.05) is 0 Å². The number of carbonyl (C=O) groups is 2. The van der Waals surface area contributed by atoms with Crippen LogP contribution in [0.2, 0.25) is 10.0 Å². The minimum absolute atomic E-state index is 0.000711. The summed E-state index contributed by atoms with van der Waals surface area (Å²) in [6.07, 6.45) is 0.451. The molecule has 0 saturated carbocycles. The van der Waals surface area contributed by atoms with E-state index in [-0.39, 0.29) is 23.8 Å². The molecule has 1 aromatic carbocycles. The highest BCUT2D eigenvalue weighted by Gasteiger charge is 2.29. The predicted molar refractivity (Wildman–Crippen MR) is 87.4 cm³/mol. The molecule has 1 aliphatic rings. The molecule has 0 unspecified atom stereocenters. The fourth-order valence-corrected chi connectivity index (χ4v) is 4.40. The highest BCUT2D eigenvalue weighted by atomic mass is 35.5. The number of amides is 1. The van der Waals surface area contributed by atoms with Gasteiger partial charge >= 0.3 is 5.97 Å². The normalized spacial score (nSPS) is 19.3. The van der Waals surface area contributed by atoms with E-state index in [2.05, 4.69) is 5.32 Å². The number of sulfone groups is 1. The summed E-state index contributed by atoms with van der Waals surface area (Å²) in [4.78, 5) is 23.3. The summed E-state index contributed by atoms with van der Waals surface area (Å²) in [6, 6.07) is 4.58. The van der Waals surface area contributed by atoms with Gasteiger partial charge < -0.3 is 10.1 Å². The summed E-state index contributed by atoms with van der Waals surface area (Å²) >= 11 is 11.6. The van der Waals surface area contributed by atoms with E-state index in [0.29, 0.717) is 22.2 Å². The fraction of sp³-hybridized carbons (Fsp3) is 0.429. The van der Waals surface area contributed by atoms with E-state index in [4.69, 9.17) is 27.9 Å². The number of ether oxygens (including phenoxy) is 1. The number of nitrogens with one attached hydrogen (secondary N) is 1. The molecule has 0 aromatic heterocycles. The van der Waals surface area contributed by atoms with E-state index in [0.717, 1.165) is 0 Å². The van der Waals surface area contributed by atoms with Gasteiger partial charge in [0.2, 0.25) is 0 Å². The van der Waals surface area contributed by atoms with Gasteiger partial charge in [0.25, 0.3) is 5.91 Å². The number of carbonyl (C=O) groups excluding carboxylic acids is 2. The van der Waals surface area contributed by atoms with Gasteiger partial charge in [-0.05, 0) is 30.5 Å². The zero-order chi connectivity index (χ0) is 17.0. The molecule has 1 atom stereocenters. The summed E-state index contributed by atoms with van der Waals surface area (Å²) in [5, 5.41) is 3.18. The van der Waals surface area contributed by atoms with Gasteiger partial charge in [-0.2, -0.15) is 0 Å². The standard InChI is InChI=1S/C14H15Cl2NO5S/c15-11-2-1-10(6-12(11)16)17-13(18)7-22-14(19)5-9-3-4-23(20,21)8-9/h1-2,6,9H,3-5,7-8H2,(H,17,18)/t9-/m0/s1. The summed E-state index contributed by atoms with van der Waals surface area (Å²) < 4.78 is 27.5. The molecule has 0 bridgehead atoms. The van der Waals surface area contributed by atoms with E-state index >= 15 is 0 Å². The van der Waals surface area contributed by atoms with E-state index in [1.54, 1.807) is 6.07 Å². The van der Waals surface area contributed by atoms with Crippen molar-refractivity contribution in [3.63, 3.8) is 0 Å². The maximum Gasteiger partial charge on any atom is 0.306 e. The Labute approximate surface area is 144 Å². The molecule has 9 heteroatoms. The van der Waals surface area contributed by atoms with Crippen molar-refractivity contribution in [2.75, 3.05) is 23.4 Å². The molecule has 1 saturated heterocycles. The van der Waals surface area contributed by atoms with Crippen LogP contribution in [0.15, 0.2) is 18.2 Å². The Morgan fingerprint density at radius 3 is 2.61 bits per heavy atom. The number of anilines is 1. The smallest absolute Gasteiger partial charge is 0.306 e. The lowest BCUT2D eigenvalue weighted by molar-refractivity contribution is -0.148. The Morgan fingerprint density at radius 1 is 1.26 bits per heavy atom. The van der Waals surface area contributed by atoms with Crippen molar-refractivity contribution in [3.8, 4) is 0 Å². The quantitative estimate of drug-likeness (QED) is 0.792. The lowest BCUT2D eigenvalue weighted by Gasteiger charge is -2.09. The Kier molecular flexibility index (Phi) is 5.89. The van der Waals surface area contributed by atoms with Crippen LogP contribution < -0.4 is 5.32 Å². The SMILES string of the molecule is O=C(COC(=O)C[C@@H]1CCS(=O)(=O)C1)Nc1ccc(Cl)c(Cl)c1. The number of halogens is 2. The highest BCUT2D eigenvalue weighted by Crippen LogP contribution is 2.25. The minimum Gasteiger partial charge on any atom is -0.456 e. The minimum atomic E-state index is -3.03. The fourth-order valence-electron chi connectivity index (χ4n) is 2.24. The molecule has 0 aliphatic carbocycles. The Morgan fingerprint density at radius 2 is 2.00 bits per heavy atom. The van der Waals surface area contributed by atoms with Gasteiger partial charge in [-0.1, -0.05) is 23.2 Å². The average Bonchev–Trinajstić information content (AvgIpc) is 2.80. The number of esters is 1. The zero-order valence-electron chi connectivity index (χ0n) is 12.1. The lowest BCUT2D eigenvalue weighted by Crippen LogP contribution is -2.22. The third kappa shape index (κ3) is 5.67. The molecule has 0 radical (unpaired) electrons. The predicted octanol–water partition coefficient (Wildman–Crippen LogP) is 2.30. The second kappa shape index (κ2) is 7.51. The third-order valence-electron chi connectivity index (χ3n) is 3.35. The van der Waals surface area contributed by atoms with E-state index in [9.17, 15) is 18.0 Å². The van der Waals surface area contributed by atoms with Crippen molar-refractivity contribution < 1.29 is 22.7 Å². The molecule has 2 rings (SSSR count). The maximum atomic E-state index is 11.7. The Hall–Kier alpha value is -1.31. The topological polar surface area (TPSA) is 89.5 Å². The molecule has 1 fully saturated rings. The first-order valence-corrected chi connectivity index (χ1v) is 9.44. The average molecular weight is 380 g/mol. The van der Waals surface area contributed by atoms with Gasteiger partial charge in [-0.25, -0.2) is 8.42 Å². The van der Waals surface area contributed by atoms with Crippen molar-refractivity contribution in [2.45, 2.75) is 12.8 Å². The number of hydrogen-bond acceptors (Lipinski definition) is 5. The van der Waals surface area contributed by atoms with Gasteiger partial charge in [0.05, 0.1) is 21.6 Å². The third-order valence-corrected chi connectivity index (χ3v) is 5.93. The molecule has 1 amide bonds. The molecule has 126 valence electrons. The van der Waals surface area contributed by atoms with Gasteiger partial charge in [0, 0.05) is 12.1 Å². The largest absolute Gasteiger partial charge is 0.456 e. The number of benzene rings is 1. The first-order chi connectivity index (χ1) is 10.7. The first-order valence-electron chi connectivity index (χ1n) is 6.86. The van der Waals surface area contributed by atoms with E-state index in [1.165, 1.54) is 12.1 Å². The van der Waals surface area contributed by atoms with Crippen molar-refractivity contribution in [2.24, 2.45) is 5.92 Å². The van der Waals surface area contributed by atoms with Crippen LogP contribution >= 0.6 is 23.2 Å². The summed E-state index contributed by atoms with van der Waals surface area (Å²) in [5.74, 6) is -1.24. The molecular weight excluding hydrogens is 365 g/mol. The van der Waals surface area contributed by atoms with Crippen molar-refractivity contribution in [3.05, 3.63) is 28.2 Å². The van der Waals surface area contributed by atoms with Gasteiger partial charge in [-0.15, -0.1) is 0 Å². The maximum absolute atomic E-state index is 11.7. The van der Waals surface area contributed by atoms with Crippen molar-refractivity contribution >= 4 is 50.6 Å². The van der Waals surface area contributed by atoms with Gasteiger partial charge in [0.15, 0.2) is 16.4 Å². The molecular formula is C14H15Cl2NO5S. The molecule has 6 nitrogen and oxygen atoms in total. The molecule has 1 heterocycles. The summed E-state index contributed by atoms with van der Waals surface area (Å²) in [5.41, 5.74) is 0.433. The van der Waals surface area contributed by atoms with Crippen LogP contribution in [0.5, 0.6) is 0 Å². The summed E-state index contributed by atoms with van der Waals surface area (Å²) in [7, 11) is -3.03. The van der Waals surface area contributed by atoms with Crippen molar-refractivity contribution in [1.29, 1.82) is 0 Å². The number of hydrogen-bond donors (Lipinski definition) is 1. The molecule has 1 N–H and O–H groups in total. The monoisotopic (exact) mass is 379 g/mol. The van der Waals surface area contributed by atoms with Crippen LogP contribution in [-0.2, 0) is 24.2 Å². The molecule has 0 spiro atoms. The van der Waals surface area contributed by atoms with Crippen LogP contribution in [0.1, 0.15) is 12.8 Å². The van der Waals surface area contributed by atoms with Crippen LogP contribution in [0, 0.1) is 5.92 Å². The second-order valence-electron chi connectivity index (χ2n) is 5.31. The van der Waals surface area contributed by atoms with Gasteiger partial charge in [-0.3, -0.25) is 9.59 Å². The Balaban J connectivity index is 1.75. The molecule has 1 aromatic rings. The van der Waals surface area contributed by atoms with Crippen LogP contribution in [0.25, 0.3) is 0 Å². The second-order valence-corrected chi connectivity index (χ2v) is 8.35. The zero-order valence-corrected chi connectivity index (χ0v) is 14.4. The molecule has 1 aliphatic heterocycles. The van der Waals surface area contributed by atoms with Gasteiger partial charge in [0.1, 0.15) is 0 Å². The highest BCUT2D eigenvalue weighted by molar-refractivity contribution is 7.91. The first kappa shape index (κ1) is 18.0. The van der Waals surface area contributed by atoms with E-state index < -0.39 is 28.3 Å². The van der Waals surface area contributed by atoms with Crippen LogP contribution in [0.3, 0.4) is 0 Å².